The van der Waals surface area contributed by atoms with Crippen LogP contribution >= 0.6 is 15.9 Å². The molecular formula is C32H20BrN. The molecule has 7 aromatic rings. The van der Waals surface area contributed by atoms with E-state index < -0.39 is 0 Å². The summed E-state index contributed by atoms with van der Waals surface area (Å²) in [6, 6.07) is 43.8. The number of halogens is 1. The molecule has 0 radical (unpaired) electrons. The average molecular weight is 498 g/mol. The Morgan fingerprint density at radius 1 is 0.441 bits per heavy atom. The Balaban J connectivity index is 1.61. The van der Waals surface area contributed by atoms with Gasteiger partial charge >= 0.3 is 0 Å². The van der Waals surface area contributed by atoms with Crippen LogP contribution in [0.5, 0.6) is 0 Å². The van der Waals surface area contributed by atoms with E-state index in [4.69, 9.17) is 0 Å². The second-order valence-corrected chi connectivity index (χ2v) is 9.72. The van der Waals surface area contributed by atoms with E-state index in [9.17, 15) is 0 Å². The summed E-state index contributed by atoms with van der Waals surface area (Å²) in [5.74, 6) is 0. The largest absolute Gasteiger partial charge is 0.309 e. The van der Waals surface area contributed by atoms with Crippen LogP contribution in [0, 0.1) is 0 Å². The van der Waals surface area contributed by atoms with Gasteiger partial charge < -0.3 is 4.57 Å². The van der Waals surface area contributed by atoms with Crippen LogP contribution in [0.25, 0.3) is 60.5 Å². The molecule has 34 heavy (non-hydrogen) atoms. The number of rotatable bonds is 3. The van der Waals surface area contributed by atoms with Crippen molar-refractivity contribution in [2.45, 2.75) is 0 Å². The summed E-state index contributed by atoms with van der Waals surface area (Å²) in [4.78, 5) is 0. The summed E-state index contributed by atoms with van der Waals surface area (Å²) >= 11 is 3.76. The van der Waals surface area contributed by atoms with Crippen molar-refractivity contribution in [1.29, 1.82) is 0 Å². The molecule has 0 spiro atoms. The molecule has 0 aliphatic heterocycles. The maximum atomic E-state index is 3.76. The third kappa shape index (κ3) is 2.99. The topological polar surface area (TPSA) is 4.93 Å². The Kier molecular flexibility index (Phi) is 4.36. The van der Waals surface area contributed by atoms with E-state index >= 15 is 0 Å². The number of benzene rings is 6. The summed E-state index contributed by atoms with van der Waals surface area (Å²) in [5, 5.41) is 5.18. The smallest absolute Gasteiger partial charge is 0.0558 e. The van der Waals surface area contributed by atoms with E-state index in [0.717, 1.165) is 4.47 Å². The highest BCUT2D eigenvalue weighted by atomic mass is 79.9. The summed E-state index contributed by atoms with van der Waals surface area (Å²) in [5.41, 5.74) is 8.49. The molecular weight excluding hydrogens is 478 g/mol. The van der Waals surface area contributed by atoms with Gasteiger partial charge in [0.05, 0.1) is 11.0 Å². The third-order valence-corrected chi connectivity index (χ3v) is 7.21. The van der Waals surface area contributed by atoms with Crippen LogP contribution in [0.15, 0.2) is 126 Å². The highest BCUT2D eigenvalue weighted by Crippen LogP contribution is 2.41. The zero-order valence-electron chi connectivity index (χ0n) is 18.4. The van der Waals surface area contributed by atoms with Crippen molar-refractivity contribution in [2.75, 3.05) is 0 Å². The summed E-state index contributed by atoms with van der Waals surface area (Å²) < 4.78 is 3.52. The lowest BCUT2D eigenvalue weighted by molar-refractivity contribution is 1.18. The molecule has 7 rings (SSSR count). The van der Waals surface area contributed by atoms with E-state index in [0.29, 0.717) is 0 Å². The summed E-state index contributed by atoms with van der Waals surface area (Å²) in [6.07, 6.45) is 0. The van der Waals surface area contributed by atoms with Gasteiger partial charge in [0.2, 0.25) is 0 Å². The lowest BCUT2D eigenvalue weighted by Crippen LogP contribution is -1.96. The van der Waals surface area contributed by atoms with Gasteiger partial charge in [0.1, 0.15) is 0 Å². The molecule has 0 unspecified atom stereocenters. The van der Waals surface area contributed by atoms with Crippen molar-refractivity contribution in [3.05, 3.63) is 126 Å². The molecule has 0 saturated heterocycles. The maximum absolute atomic E-state index is 3.76. The van der Waals surface area contributed by atoms with Crippen LogP contribution in [0.2, 0.25) is 0 Å². The fourth-order valence-corrected chi connectivity index (χ4v) is 5.73. The molecule has 0 N–H and O–H groups in total. The number of aromatic nitrogens is 1. The van der Waals surface area contributed by atoms with Crippen molar-refractivity contribution >= 4 is 48.5 Å². The first-order chi connectivity index (χ1) is 16.8. The second-order valence-electron chi connectivity index (χ2n) is 8.80. The van der Waals surface area contributed by atoms with Gasteiger partial charge in [-0.1, -0.05) is 101 Å². The van der Waals surface area contributed by atoms with Crippen molar-refractivity contribution in [2.24, 2.45) is 0 Å². The highest BCUT2D eigenvalue weighted by molar-refractivity contribution is 9.10. The molecule has 2 heteroatoms. The Morgan fingerprint density at radius 2 is 1.06 bits per heavy atom. The number of hydrogen-bond donors (Lipinski definition) is 0. The average Bonchev–Trinajstić information content (AvgIpc) is 3.23. The molecule has 1 nitrogen and oxygen atoms in total. The summed E-state index contributed by atoms with van der Waals surface area (Å²) in [7, 11) is 0. The predicted molar refractivity (Wildman–Crippen MR) is 148 cm³/mol. The first-order valence-electron chi connectivity index (χ1n) is 11.5. The molecule has 1 aromatic heterocycles. The molecule has 0 fully saturated rings. The van der Waals surface area contributed by atoms with Crippen molar-refractivity contribution in [3.63, 3.8) is 0 Å². The van der Waals surface area contributed by atoms with Crippen LogP contribution in [0.3, 0.4) is 0 Å². The van der Waals surface area contributed by atoms with Crippen LogP contribution in [-0.4, -0.2) is 4.57 Å². The molecule has 0 aliphatic rings. The monoisotopic (exact) mass is 497 g/mol. The minimum Gasteiger partial charge on any atom is -0.309 e. The second kappa shape index (κ2) is 7.58. The van der Waals surface area contributed by atoms with Crippen molar-refractivity contribution in [3.8, 4) is 27.9 Å². The van der Waals surface area contributed by atoms with Gasteiger partial charge in [0.25, 0.3) is 0 Å². The molecule has 0 bridgehead atoms. The molecule has 0 atom stereocenters. The zero-order chi connectivity index (χ0) is 22.6. The van der Waals surface area contributed by atoms with Crippen LogP contribution in [0.4, 0.5) is 0 Å². The Labute approximate surface area is 206 Å². The minimum absolute atomic E-state index is 1.09. The highest BCUT2D eigenvalue weighted by Gasteiger charge is 2.18. The standard InChI is InChI=1S/C32H20BrN/c33-27-17-24-15-14-23-12-7-13-29-31(23)32(24)30(20-27)34(29)28-18-25(21-8-3-1-4-9-21)16-26(19-28)22-10-5-2-6-11-22/h1-20H. The lowest BCUT2D eigenvalue weighted by atomic mass is 9.98. The number of hydrogen-bond acceptors (Lipinski definition) is 0. The van der Waals surface area contributed by atoms with Gasteiger partial charge in [-0.15, -0.1) is 0 Å². The van der Waals surface area contributed by atoms with Crippen molar-refractivity contribution < 1.29 is 0 Å². The first-order valence-corrected chi connectivity index (χ1v) is 12.3. The van der Waals surface area contributed by atoms with Gasteiger partial charge in [0, 0.05) is 20.9 Å². The molecule has 0 saturated carbocycles. The van der Waals surface area contributed by atoms with E-state index in [1.165, 1.54) is 60.5 Å². The van der Waals surface area contributed by atoms with E-state index in [2.05, 4.69) is 142 Å². The quantitative estimate of drug-likeness (QED) is 0.214. The van der Waals surface area contributed by atoms with Gasteiger partial charge in [0.15, 0.2) is 0 Å². The first kappa shape index (κ1) is 19.6. The fourth-order valence-electron chi connectivity index (χ4n) is 5.27. The molecule has 6 aromatic carbocycles. The van der Waals surface area contributed by atoms with Gasteiger partial charge in [-0.3, -0.25) is 0 Å². The predicted octanol–water partition coefficient (Wildman–Crippen LogP) is 9.47. The molecule has 0 aliphatic carbocycles. The minimum atomic E-state index is 1.09. The Bertz CT molecular complexity index is 1740. The molecule has 1 heterocycles. The normalized spacial score (nSPS) is 11.7. The fraction of sp³-hybridized carbons (Fsp3) is 0. The molecule has 0 amide bonds. The van der Waals surface area contributed by atoms with E-state index in [1.807, 2.05) is 0 Å². The van der Waals surface area contributed by atoms with Gasteiger partial charge in [-0.2, -0.15) is 0 Å². The van der Waals surface area contributed by atoms with Crippen LogP contribution in [0.1, 0.15) is 0 Å². The van der Waals surface area contributed by atoms with E-state index in [-0.39, 0.29) is 0 Å². The van der Waals surface area contributed by atoms with Crippen molar-refractivity contribution in [1.82, 2.24) is 4.57 Å². The third-order valence-electron chi connectivity index (χ3n) is 6.75. The molecule has 160 valence electrons. The Morgan fingerprint density at radius 3 is 1.74 bits per heavy atom. The zero-order valence-corrected chi connectivity index (χ0v) is 20.0. The maximum Gasteiger partial charge on any atom is 0.0558 e. The Hall–Kier alpha value is -3.88. The lowest BCUT2D eigenvalue weighted by Gasteiger charge is -2.14. The number of nitrogens with zero attached hydrogens (tertiary/aromatic N) is 1. The van der Waals surface area contributed by atoms with Crippen LogP contribution in [-0.2, 0) is 0 Å². The SMILES string of the molecule is Brc1cc2ccc3cccc4c3c2c(c1)n4-c1cc(-c2ccccc2)cc(-c2ccccc2)c1. The van der Waals surface area contributed by atoms with E-state index in [1.54, 1.807) is 0 Å². The van der Waals surface area contributed by atoms with Gasteiger partial charge in [-0.25, -0.2) is 0 Å². The van der Waals surface area contributed by atoms with Gasteiger partial charge in [-0.05, 0) is 69.4 Å². The van der Waals surface area contributed by atoms with Crippen LogP contribution < -0.4 is 0 Å². The summed E-state index contributed by atoms with van der Waals surface area (Å²) in [6.45, 7) is 0.